The van der Waals surface area contributed by atoms with Crippen molar-refractivity contribution in [3.05, 3.63) is 24.3 Å². The van der Waals surface area contributed by atoms with Crippen molar-refractivity contribution in [1.82, 2.24) is 15.2 Å². The van der Waals surface area contributed by atoms with Crippen LogP contribution >= 0.6 is 0 Å². The third-order valence-electron chi connectivity index (χ3n) is 3.35. The highest BCUT2D eigenvalue weighted by molar-refractivity contribution is 5.78. The first-order chi connectivity index (χ1) is 9.85. The maximum absolute atomic E-state index is 13.7. The number of carbonyl (C=O) groups is 1. The standard InChI is InChI=1S/C15H23FN4O/c1-15(2,3)18-14(21)11-19-6-8-20(9-7-19)13-4-5-17-10-12(13)16/h4-5,10H,6-9,11H2,1-3H3,(H,18,21). The predicted molar refractivity (Wildman–Crippen MR) is 80.7 cm³/mol. The molecule has 0 aliphatic carbocycles. The van der Waals surface area contributed by atoms with Gasteiger partial charge in [-0.05, 0) is 26.8 Å². The molecular formula is C15H23FN4O. The molecule has 1 fully saturated rings. The van der Waals surface area contributed by atoms with Crippen LogP contribution in [0, 0.1) is 5.82 Å². The zero-order chi connectivity index (χ0) is 15.5. The number of nitrogens with one attached hydrogen (secondary N) is 1. The normalized spacial score (nSPS) is 16.9. The highest BCUT2D eigenvalue weighted by atomic mass is 19.1. The molecule has 0 saturated carbocycles. The molecule has 0 bridgehead atoms. The number of anilines is 1. The van der Waals surface area contributed by atoms with Gasteiger partial charge in [-0.15, -0.1) is 0 Å². The molecule has 1 aliphatic rings. The third kappa shape index (κ3) is 4.67. The van der Waals surface area contributed by atoms with E-state index in [0.717, 1.165) is 13.1 Å². The van der Waals surface area contributed by atoms with Crippen molar-refractivity contribution >= 4 is 11.6 Å². The van der Waals surface area contributed by atoms with Gasteiger partial charge in [-0.3, -0.25) is 14.7 Å². The molecule has 21 heavy (non-hydrogen) atoms. The van der Waals surface area contributed by atoms with Crippen LogP contribution in [0.2, 0.25) is 0 Å². The molecule has 0 unspecified atom stereocenters. The fourth-order valence-electron chi connectivity index (χ4n) is 2.43. The van der Waals surface area contributed by atoms with Gasteiger partial charge in [-0.25, -0.2) is 4.39 Å². The molecule has 1 aromatic rings. The van der Waals surface area contributed by atoms with E-state index in [1.807, 2.05) is 25.7 Å². The van der Waals surface area contributed by atoms with Gasteiger partial charge in [-0.1, -0.05) is 0 Å². The zero-order valence-electron chi connectivity index (χ0n) is 12.9. The second kappa shape index (κ2) is 6.39. The largest absolute Gasteiger partial charge is 0.367 e. The molecule has 1 aliphatic heterocycles. The number of pyridine rings is 1. The van der Waals surface area contributed by atoms with Gasteiger partial charge in [0.25, 0.3) is 0 Å². The molecule has 1 saturated heterocycles. The summed E-state index contributed by atoms with van der Waals surface area (Å²) in [5.41, 5.74) is 0.378. The van der Waals surface area contributed by atoms with E-state index >= 15 is 0 Å². The summed E-state index contributed by atoms with van der Waals surface area (Å²) in [6.07, 6.45) is 2.83. The van der Waals surface area contributed by atoms with E-state index in [4.69, 9.17) is 0 Å². The average molecular weight is 294 g/mol. The number of carbonyl (C=O) groups excluding carboxylic acids is 1. The SMILES string of the molecule is CC(C)(C)NC(=O)CN1CCN(c2ccncc2F)CC1. The Kier molecular flexibility index (Phi) is 4.77. The summed E-state index contributed by atoms with van der Waals surface area (Å²) in [6, 6.07) is 1.69. The van der Waals surface area contributed by atoms with Crippen molar-refractivity contribution in [2.45, 2.75) is 26.3 Å². The summed E-state index contributed by atoms with van der Waals surface area (Å²) in [7, 11) is 0. The molecule has 0 aromatic carbocycles. The summed E-state index contributed by atoms with van der Waals surface area (Å²) < 4.78 is 13.7. The first-order valence-electron chi connectivity index (χ1n) is 7.23. The topological polar surface area (TPSA) is 48.5 Å². The minimum Gasteiger partial charge on any atom is -0.367 e. The lowest BCUT2D eigenvalue weighted by atomic mass is 10.1. The van der Waals surface area contributed by atoms with Crippen LogP contribution in [0.5, 0.6) is 0 Å². The second-order valence-corrected chi connectivity index (χ2v) is 6.39. The molecule has 0 atom stereocenters. The lowest BCUT2D eigenvalue weighted by Gasteiger charge is -2.36. The van der Waals surface area contributed by atoms with Crippen molar-refractivity contribution in [3.63, 3.8) is 0 Å². The first kappa shape index (κ1) is 15.7. The van der Waals surface area contributed by atoms with E-state index in [2.05, 4.69) is 15.2 Å². The molecule has 1 aromatic heterocycles. The molecule has 5 nitrogen and oxygen atoms in total. The van der Waals surface area contributed by atoms with E-state index in [0.29, 0.717) is 25.3 Å². The van der Waals surface area contributed by atoms with E-state index in [-0.39, 0.29) is 17.3 Å². The second-order valence-electron chi connectivity index (χ2n) is 6.39. The highest BCUT2D eigenvalue weighted by Crippen LogP contribution is 2.19. The number of rotatable bonds is 3. The Morgan fingerprint density at radius 1 is 1.33 bits per heavy atom. The van der Waals surface area contributed by atoms with Gasteiger partial charge in [0, 0.05) is 37.9 Å². The predicted octanol–water partition coefficient (Wildman–Crippen LogP) is 1.26. The third-order valence-corrected chi connectivity index (χ3v) is 3.35. The first-order valence-corrected chi connectivity index (χ1v) is 7.23. The van der Waals surface area contributed by atoms with Crippen molar-refractivity contribution in [3.8, 4) is 0 Å². The molecule has 6 heteroatoms. The number of piperazine rings is 1. The zero-order valence-corrected chi connectivity index (χ0v) is 12.9. The summed E-state index contributed by atoms with van der Waals surface area (Å²) in [6.45, 7) is 9.22. The maximum Gasteiger partial charge on any atom is 0.234 e. The van der Waals surface area contributed by atoms with E-state index < -0.39 is 0 Å². The van der Waals surface area contributed by atoms with Gasteiger partial charge in [0.05, 0.1) is 18.4 Å². The van der Waals surface area contributed by atoms with E-state index in [9.17, 15) is 9.18 Å². The lowest BCUT2D eigenvalue weighted by molar-refractivity contribution is -0.123. The number of amides is 1. The minimum absolute atomic E-state index is 0.0334. The van der Waals surface area contributed by atoms with Gasteiger partial charge in [0.2, 0.25) is 5.91 Å². The minimum atomic E-state index is -0.295. The van der Waals surface area contributed by atoms with Crippen LogP contribution < -0.4 is 10.2 Å². The summed E-state index contributed by atoms with van der Waals surface area (Å²) >= 11 is 0. The molecule has 1 amide bonds. The Balaban J connectivity index is 1.84. The summed E-state index contributed by atoms with van der Waals surface area (Å²) in [4.78, 5) is 19.8. The monoisotopic (exact) mass is 294 g/mol. The van der Waals surface area contributed by atoms with Crippen LogP contribution in [0.4, 0.5) is 10.1 Å². The molecule has 2 heterocycles. The Labute approximate surface area is 125 Å². The Bertz CT molecular complexity index is 493. The van der Waals surface area contributed by atoms with Gasteiger partial charge < -0.3 is 10.2 Å². The molecule has 2 rings (SSSR count). The molecule has 0 spiro atoms. The van der Waals surface area contributed by atoms with Gasteiger partial charge in [-0.2, -0.15) is 0 Å². The van der Waals surface area contributed by atoms with Crippen LogP contribution in [0.3, 0.4) is 0 Å². The Morgan fingerprint density at radius 2 is 2.00 bits per heavy atom. The van der Waals surface area contributed by atoms with Crippen LogP contribution in [-0.4, -0.2) is 54.1 Å². The molecule has 0 radical (unpaired) electrons. The fourth-order valence-corrected chi connectivity index (χ4v) is 2.43. The highest BCUT2D eigenvalue weighted by Gasteiger charge is 2.22. The number of hydrogen-bond acceptors (Lipinski definition) is 4. The number of aromatic nitrogens is 1. The average Bonchev–Trinajstić information content (AvgIpc) is 2.38. The lowest BCUT2D eigenvalue weighted by Crippen LogP contribution is -2.52. The van der Waals surface area contributed by atoms with Crippen LogP contribution in [-0.2, 0) is 4.79 Å². The van der Waals surface area contributed by atoms with Crippen molar-refractivity contribution < 1.29 is 9.18 Å². The quantitative estimate of drug-likeness (QED) is 0.912. The fraction of sp³-hybridized carbons (Fsp3) is 0.600. The number of hydrogen-bond donors (Lipinski definition) is 1. The molecular weight excluding hydrogens is 271 g/mol. The van der Waals surface area contributed by atoms with Gasteiger partial charge in [0.1, 0.15) is 0 Å². The van der Waals surface area contributed by atoms with Crippen LogP contribution in [0.1, 0.15) is 20.8 Å². The Hall–Kier alpha value is -1.69. The maximum atomic E-state index is 13.7. The molecule has 116 valence electrons. The number of nitrogens with zero attached hydrogens (tertiary/aromatic N) is 3. The number of halogens is 1. The summed E-state index contributed by atoms with van der Waals surface area (Å²) in [5.74, 6) is -0.262. The Morgan fingerprint density at radius 3 is 2.57 bits per heavy atom. The van der Waals surface area contributed by atoms with E-state index in [1.54, 1.807) is 12.3 Å². The summed E-state index contributed by atoms with van der Waals surface area (Å²) in [5, 5.41) is 2.96. The van der Waals surface area contributed by atoms with Crippen LogP contribution in [0.25, 0.3) is 0 Å². The molecule has 1 N–H and O–H groups in total. The smallest absolute Gasteiger partial charge is 0.234 e. The van der Waals surface area contributed by atoms with Crippen molar-refractivity contribution in [2.75, 3.05) is 37.6 Å². The van der Waals surface area contributed by atoms with Crippen molar-refractivity contribution in [1.29, 1.82) is 0 Å². The van der Waals surface area contributed by atoms with Crippen LogP contribution in [0.15, 0.2) is 18.5 Å². The van der Waals surface area contributed by atoms with Gasteiger partial charge >= 0.3 is 0 Å². The van der Waals surface area contributed by atoms with E-state index in [1.165, 1.54) is 6.20 Å². The van der Waals surface area contributed by atoms with Gasteiger partial charge in [0.15, 0.2) is 5.82 Å². The van der Waals surface area contributed by atoms with Crippen molar-refractivity contribution in [2.24, 2.45) is 0 Å².